The van der Waals surface area contributed by atoms with Crippen molar-refractivity contribution < 1.29 is 13.9 Å². The molecule has 0 unspecified atom stereocenters. The van der Waals surface area contributed by atoms with Gasteiger partial charge < -0.3 is 10.1 Å². The van der Waals surface area contributed by atoms with Gasteiger partial charge in [0, 0.05) is 18.7 Å². The molecule has 0 heterocycles. The zero-order valence-corrected chi connectivity index (χ0v) is 13.8. The van der Waals surface area contributed by atoms with Gasteiger partial charge in [-0.3, -0.25) is 4.79 Å². The van der Waals surface area contributed by atoms with Crippen LogP contribution in [0.25, 0.3) is 11.1 Å². The maximum Gasteiger partial charge on any atom is 0.251 e. The molecule has 2 aromatic carbocycles. The number of nitrogens with one attached hydrogen (secondary N) is 1. The quantitative estimate of drug-likeness (QED) is 0.915. The zero-order chi connectivity index (χ0) is 16.9. The molecule has 1 aliphatic carbocycles. The van der Waals surface area contributed by atoms with Crippen molar-refractivity contribution in [2.24, 2.45) is 0 Å². The Balaban J connectivity index is 1.61. The van der Waals surface area contributed by atoms with Gasteiger partial charge in [0.05, 0.1) is 6.10 Å². The summed E-state index contributed by atoms with van der Waals surface area (Å²) in [4.78, 5) is 12.4. The Morgan fingerprint density at radius 2 is 1.50 bits per heavy atom. The molecule has 0 radical (unpaired) electrons. The fraction of sp³-hybridized carbons (Fsp3) is 0.350. The Bertz CT molecular complexity index is 674. The van der Waals surface area contributed by atoms with Crippen molar-refractivity contribution in [1.82, 2.24) is 5.32 Å². The second-order valence-electron chi connectivity index (χ2n) is 6.27. The van der Waals surface area contributed by atoms with Gasteiger partial charge in [-0.15, -0.1) is 0 Å². The monoisotopic (exact) mass is 327 g/mol. The van der Waals surface area contributed by atoms with Gasteiger partial charge in [-0.1, -0.05) is 24.3 Å². The van der Waals surface area contributed by atoms with E-state index in [0.29, 0.717) is 11.7 Å². The SMILES string of the molecule is COC1CCC(NC(=O)c2ccc(-c3ccc(F)cc3)cc2)CC1. The number of hydrogen-bond acceptors (Lipinski definition) is 2. The molecule has 0 bridgehead atoms. The van der Waals surface area contributed by atoms with Gasteiger partial charge in [0.25, 0.3) is 5.91 Å². The van der Waals surface area contributed by atoms with Crippen LogP contribution in [0.3, 0.4) is 0 Å². The van der Waals surface area contributed by atoms with Crippen LogP contribution in [-0.4, -0.2) is 25.2 Å². The Morgan fingerprint density at radius 1 is 0.958 bits per heavy atom. The molecule has 2 aromatic rings. The van der Waals surface area contributed by atoms with Crippen LogP contribution in [0.2, 0.25) is 0 Å². The number of ether oxygens (including phenoxy) is 1. The van der Waals surface area contributed by atoms with Crippen molar-refractivity contribution in [3.8, 4) is 11.1 Å². The molecule has 0 spiro atoms. The highest BCUT2D eigenvalue weighted by Gasteiger charge is 2.22. The summed E-state index contributed by atoms with van der Waals surface area (Å²) < 4.78 is 18.3. The van der Waals surface area contributed by atoms with Crippen LogP contribution in [0, 0.1) is 5.82 Å². The van der Waals surface area contributed by atoms with Crippen LogP contribution < -0.4 is 5.32 Å². The zero-order valence-electron chi connectivity index (χ0n) is 13.8. The van der Waals surface area contributed by atoms with E-state index in [1.807, 2.05) is 24.3 Å². The van der Waals surface area contributed by atoms with Crippen molar-refractivity contribution in [2.75, 3.05) is 7.11 Å². The van der Waals surface area contributed by atoms with Gasteiger partial charge in [-0.25, -0.2) is 4.39 Å². The van der Waals surface area contributed by atoms with Gasteiger partial charge in [-0.2, -0.15) is 0 Å². The molecule has 1 N–H and O–H groups in total. The molecule has 1 fully saturated rings. The minimum Gasteiger partial charge on any atom is -0.381 e. The summed E-state index contributed by atoms with van der Waals surface area (Å²) in [7, 11) is 1.74. The van der Waals surface area contributed by atoms with E-state index in [9.17, 15) is 9.18 Å². The van der Waals surface area contributed by atoms with Crippen LogP contribution >= 0.6 is 0 Å². The Labute approximate surface area is 141 Å². The number of rotatable bonds is 4. The van der Waals surface area contributed by atoms with Crippen LogP contribution in [-0.2, 0) is 4.74 Å². The molecular formula is C20H22FNO2. The predicted octanol–water partition coefficient (Wildman–Crippen LogP) is 4.18. The number of halogens is 1. The molecule has 126 valence electrons. The molecular weight excluding hydrogens is 305 g/mol. The third kappa shape index (κ3) is 4.01. The number of hydrogen-bond donors (Lipinski definition) is 1. The maximum atomic E-state index is 13.0. The Kier molecular flexibility index (Phi) is 5.26. The highest BCUT2D eigenvalue weighted by Crippen LogP contribution is 2.22. The molecule has 0 aliphatic heterocycles. The molecule has 1 aliphatic rings. The van der Waals surface area contributed by atoms with Crippen LogP contribution in [0.4, 0.5) is 4.39 Å². The molecule has 3 nitrogen and oxygen atoms in total. The highest BCUT2D eigenvalue weighted by atomic mass is 19.1. The molecule has 1 amide bonds. The summed E-state index contributed by atoms with van der Waals surface area (Å²) >= 11 is 0. The first kappa shape index (κ1) is 16.7. The molecule has 3 rings (SSSR count). The first-order valence-electron chi connectivity index (χ1n) is 8.35. The van der Waals surface area contributed by atoms with Crippen molar-refractivity contribution in [1.29, 1.82) is 0 Å². The maximum absolute atomic E-state index is 13.0. The average Bonchev–Trinajstić information content (AvgIpc) is 2.63. The van der Waals surface area contributed by atoms with E-state index in [0.717, 1.165) is 36.8 Å². The summed E-state index contributed by atoms with van der Waals surface area (Å²) in [5.74, 6) is -0.292. The molecule has 4 heteroatoms. The summed E-state index contributed by atoms with van der Waals surface area (Å²) in [6.07, 6.45) is 4.22. The minimum atomic E-state index is -0.252. The highest BCUT2D eigenvalue weighted by molar-refractivity contribution is 5.94. The van der Waals surface area contributed by atoms with E-state index in [4.69, 9.17) is 4.74 Å². The summed E-state index contributed by atoms with van der Waals surface area (Å²) in [6, 6.07) is 14.0. The van der Waals surface area contributed by atoms with E-state index < -0.39 is 0 Å². The Morgan fingerprint density at radius 3 is 2.04 bits per heavy atom. The van der Waals surface area contributed by atoms with Crippen LogP contribution in [0.1, 0.15) is 36.0 Å². The lowest BCUT2D eigenvalue weighted by Gasteiger charge is -2.28. The number of carbonyl (C=O) groups excluding carboxylic acids is 1. The van der Waals surface area contributed by atoms with Crippen molar-refractivity contribution >= 4 is 5.91 Å². The van der Waals surface area contributed by atoms with Crippen molar-refractivity contribution in [2.45, 2.75) is 37.8 Å². The van der Waals surface area contributed by atoms with Crippen LogP contribution in [0.5, 0.6) is 0 Å². The third-order valence-electron chi connectivity index (χ3n) is 4.67. The van der Waals surface area contributed by atoms with Crippen molar-refractivity contribution in [3.63, 3.8) is 0 Å². The van der Waals surface area contributed by atoms with Gasteiger partial charge in [0.15, 0.2) is 0 Å². The largest absolute Gasteiger partial charge is 0.381 e. The van der Waals surface area contributed by atoms with Crippen molar-refractivity contribution in [3.05, 3.63) is 59.9 Å². The van der Waals surface area contributed by atoms with Gasteiger partial charge >= 0.3 is 0 Å². The number of carbonyl (C=O) groups is 1. The number of benzene rings is 2. The normalized spacial score (nSPS) is 20.6. The van der Waals surface area contributed by atoms with Crippen LogP contribution in [0.15, 0.2) is 48.5 Å². The Hall–Kier alpha value is -2.20. The van der Waals surface area contributed by atoms with E-state index in [1.165, 1.54) is 12.1 Å². The third-order valence-corrected chi connectivity index (χ3v) is 4.67. The first-order chi connectivity index (χ1) is 11.7. The first-order valence-corrected chi connectivity index (χ1v) is 8.35. The second kappa shape index (κ2) is 7.58. The summed E-state index contributed by atoms with van der Waals surface area (Å²) in [6.45, 7) is 0. The smallest absolute Gasteiger partial charge is 0.251 e. The van der Waals surface area contributed by atoms with Gasteiger partial charge in [0.1, 0.15) is 5.82 Å². The summed E-state index contributed by atoms with van der Waals surface area (Å²) in [5, 5.41) is 3.10. The molecule has 0 aromatic heterocycles. The average molecular weight is 327 g/mol. The molecule has 0 saturated heterocycles. The minimum absolute atomic E-state index is 0.0403. The second-order valence-corrected chi connectivity index (χ2v) is 6.27. The predicted molar refractivity (Wildman–Crippen MR) is 92.4 cm³/mol. The summed E-state index contributed by atoms with van der Waals surface area (Å²) in [5.41, 5.74) is 2.54. The van der Waals surface area contributed by atoms with Gasteiger partial charge in [-0.05, 0) is 61.1 Å². The molecule has 0 atom stereocenters. The van der Waals surface area contributed by atoms with E-state index in [2.05, 4.69) is 5.32 Å². The topological polar surface area (TPSA) is 38.3 Å². The van der Waals surface area contributed by atoms with E-state index in [1.54, 1.807) is 19.2 Å². The molecule has 24 heavy (non-hydrogen) atoms. The lowest BCUT2D eigenvalue weighted by Crippen LogP contribution is -2.38. The molecule has 1 saturated carbocycles. The van der Waals surface area contributed by atoms with E-state index >= 15 is 0 Å². The number of methoxy groups -OCH3 is 1. The van der Waals surface area contributed by atoms with E-state index in [-0.39, 0.29) is 17.8 Å². The van der Waals surface area contributed by atoms with Gasteiger partial charge in [0.2, 0.25) is 0 Å². The lowest BCUT2D eigenvalue weighted by atomic mass is 9.92. The fourth-order valence-electron chi connectivity index (χ4n) is 3.17. The number of amides is 1. The fourth-order valence-corrected chi connectivity index (χ4v) is 3.17. The lowest BCUT2D eigenvalue weighted by molar-refractivity contribution is 0.0599. The standard InChI is InChI=1S/C20H22FNO2/c1-24-19-12-10-18(11-13-19)22-20(23)16-4-2-14(3-5-16)15-6-8-17(21)9-7-15/h2-9,18-19H,10-13H2,1H3,(H,22,23).